The lowest BCUT2D eigenvalue weighted by molar-refractivity contribution is 0.161. The Bertz CT molecular complexity index is 420. The number of piperidine rings is 3. The van der Waals surface area contributed by atoms with Gasteiger partial charge in [0, 0.05) is 12.2 Å². The van der Waals surface area contributed by atoms with Crippen LogP contribution in [0.2, 0.25) is 0 Å². The van der Waals surface area contributed by atoms with Gasteiger partial charge in [-0.1, -0.05) is 23.8 Å². The Morgan fingerprint density at radius 1 is 1.11 bits per heavy atom. The molecule has 0 aromatic heterocycles. The van der Waals surface area contributed by atoms with Crippen molar-refractivity contribution in [3.8, 4) is 0 Å². The van der Waals surface area contributed by atoms with E-state index in [1.165, 1.54) is 38.0 Å². The molecule has 0 radical (unpaired) electrons. The number of fused-ring (bicyclic) bond motifs is 3. The molecule has 4 rings (SSSR count). The van der Waals surface area contributed by atoms with Gasteiger partial charge in [-0.05, 0) is 56.0 Å². The van der Waals surface area contributed by atoms with Crippen LogP contribution in [-0.2, 0) is 6.42 Å². The lowest BCUT2D eigenvalue weighted by atomic mass is 9.83. The molecule has 1 aromatic carbocycles. The van der Waals surface area contributed by atoms with Crippen LogP contribution in [-0.4, -0.2) is 24.5 Å². The predicted molar refractivity (Wildman–Crippen MR) is 86.3 cm³/mol. The number of hydrogen-bond acceptors (Lipinski definition) is 2. The van der Waals surface area contributed by atoms with E-state index in [9.17, 15) is 0 Å². The van der Waals surface area contributed by atoms with Gasteiger partial charge >= 0.3 is 0 Å². The fourth-order valence-electron chi connectivity index (χ4n) is 2.98. The topological polar surface area (TPSA) is 29.3 Å². The van der Waals surface area contributed by atoms with Crippen molar-refractivity contribution in [3.05, 3.63) is 41.5 Å². The third-order valence-corrected chi connectivity index (χ3v) is 4.10. The predicted octanol–water partition coefficient (Wildman–Crippen LogP) is 3.31. The first-order valence-corrected chi connectivity index (χ1v) is 6.57. The summed E-state index contributed by atoms with van der Waals surface area (Å²) in [7, 11) is 0. The zero-order valence-electron chi connectivity index (χ0n) is 11.0. The van der Waals surface area contributed by atoms with Crippen LogP contribution >= 0.6 is 24.8 Å². The fourth-order valence-corrected chi connectivity index (χ4v) is 2.98. The summed E-state index contributed by atoms with van der Waals surface area (Å²) in [5, 5.41) is 0. The largest absolute Gasteiger partial charge is 0.399 e. The van der Waals surface area contributed by atoms with Crippen LogP contribution in [0.5, 0.6) is 0 Å². The Morgan fingerprint density at radius 3 is 2.26 bits per heavy atom. The molecule has 0 unspecified atom stereocenters. The van der Waals surface area contributed by atoms with Crippen LogP contribution in [0.4, 0.5) is 5.69 Å². The molecule has 2 N–H and O–H groups in total. The molecule has 4 heteroatoms. The van der Waals surface area contributed by atoms with Gasteiger partial charge in [0.25, 0.3) is 0 Å². The average molecular weight is 301 g/mol. The monoisotopic (exact) mass is 300 g/mol. The number of nitrogen functional groups attached to an aromatic ring is 1. The van der Waals surface area contributed by atoms with Crippen LogP contribution in [0, 0.1) is 5.92 Å². The molecule has 106 valence electrons. The SMILES string of the molecule is Cl.Cl.Nc1ccc(CC=C2CN3CCC2CC3)cc1. The van der Waals surface area contributed by atoms with Crippen molar-refractivity contribution < 1.29 is 0 Å². The van der Waals surface area contributed by atoms with E-state index in [1.54, 1.807) is 5.57 Å². The molecule has 0 aliphatic carbocycles. The van der Waals surface area contributed by atoms with Gasteiger partial charge in [0.05, 0.1) is 0 Å². The molecule has 19 heavy (non-hydrogen) atoms. The normalized spacial score (nSPS) is 26.6. The van der Waals surface area contributed by atoms with E-state index in [0.29, 0.717) is 0 Å². The summed E-state index contributed by atoms with van der Waals surface area (Å²) in [6.07, 6.45) is 6.24. The van der Waals surface area contributed by atoms with Crippen LogP contribution in [0.25, 0.3) is 0 Å². The summed E-state index contributed by atoms with van der Waals surface area (Å²) in [6.45, 7) is 3.83. The lowest BCUT2D eigenvalue weighted by Crippen LogP contribution is -2.43. The van der Waals surface area contributed by atoms with Gasteiger partial charge in [0.1, 0.15) is 0 Å². The summed E-state index contributed by atoms with van der Waals surface area (Å²) >= 11 is 0. The number of benzene rings is 1. The summed E-state index contributed by atoms with van der Waals surface area (Å²) in [4.78, 5) is 2.58. The number of nitrogens with zero attached hydrogens (tertiary/aromatic N) is 1. The summed E-state index contributed by atoms with van der Waals surface area (Å²) in [6, 6.07) is 8.25. The van der Waals surface area contributed by atoms with E-state index in [2.05, 4.69) is 23.1 Å². The Hall–Kier alpha value is -0.700. The molecule has 0 spiro atoms. The van der Waals surface area contributed by atoms with Crippen molar-refractivity contribution in [3.63, 3.8) is 0 Å². The molecule has 2 nitrogen and oxygen atoms in total. The summed E-state index contributed by atoms with van der Waals surface area (Å²) < 4.78 is 0. The Labute approximate surface area is 127 Å². The zero-order valence-corrected chi connectivity index (χ0v) is 12.7. The van der Waals surface area contributed by atoms with Gasteiger partial charge in [0.15, 0.2) is 0 Å². The molecule has 0 amide bonds. The molecule has 3 fully saturated rings. The highest BCUT2D eigenvalue weighted by Gasteiger charge is 2.28. The fraction of sp³-hybridized carbons (Fsp3) is 0.467. The number of hydrogen-bond donors (Lipinski definition) is 1. The second-order valence-corrected chi connectivity index (χ2v) is 5.28. The third kappa shape index (κ3) is 3.88. The van der Waals surface area contributed by atoms with Crippen molar-refractivity contribution in [1.82, 2.24) is 4.90 Å². The van der Waals surface area contributed by atoms with E-state index in [-0.39, 0.29) is 24.8 Å². The maximum atomic E-state index is 5.69. The van der Waals surface area contributed by atoms with Gasteiger partial charge < -0.3 is 5.73 Å². The van der Waals surface area contributed by atoms with Gasteiger partial charge in [-0.3, -0.25) is 4.90 Å². The smallest absolute Gasteiger partial charge is 0.0314 e. The van der Waals surface area contributed by atoms with Crippen molar-refractivity contribution in [2.75, 3.05) is 25.4 Å². The lowest BCUT2D eigenvalue weighted by Gasteiger charge is -2.41. The Balaban J connectivity index is 0.000000902. The highest BCUT2D eigenvalue weighted by atomic mass is 35.5. The van der Waals surface area contributed by atoms with Crippen molar-refractivity contribution in [1.29, 1.82) is 0 Å². The van der Waals surface area contributed by atoms with E-state index < -0.39 is 0 Å². The molecule has 1 aromatic rings. The molecule has 3 heterocycles. The standard InChI is InChI=1S/C15H20N2.2ClH/c16-15-5-2-12(3-6-15)1-4-14-11-17-9-7-13(14)8-10-17;;/h2-6,13H,1,7-11,16H2;2*1H. The molecule has 0 atom stereocenters. The van der Waals surface area contributed by atoms with Gasteiger partial charge in [-0.2, -0.15) is 0 Å². The van der Waals surface area contributed by atoms with Crippen molar-refractivity contribution in [2.24, 2.45) is 5.92 Å². The van der Waals surface area contributed by atoms with Crippen LogP contribution in [0.3, 0.4) is 0 Å². The average Bonchev–Trinajstić information content (AvgIpc) is 2.39. The Morgan fingerprint density at radius 2 is 1.74 bits per heavy atom. The van der Waals surface area contributed by atoms with E-state index in [0.717, 1.165) is 18.0 Å². The molecular formula is C15H22Cl2N2. The quantitative estimate of drug-likeness (QED) is 0.671. The minimum Gasteiger partial charge on any atom is -0.399 e. The molecule has 3 saturated heterocycles. The maximum absolute atomic E-state index is 5.69. The van der Waals surface area contributed by atoms with Crippen LogP contribution in [0.15, 0.2) is 35.9 Å². The van der Waals surface area contributed by atoms with E-state index in [4.69, 9.17) is 5.73 Å². The molecule has 2 bridgehead atoms. The Kier molecular flexibility index (Phi) is 6.18. The molecule has 0 saturated carbocycles. The molecule has 3 aliphatic rings. The number of anilines is 1. The maximum Gasteiger partial charge on any atom is 0.0314 e. The van der Waals surface area contributed by atoms with Crippen molar-refractivity contribution in [2.45, 2.75) is 19.3 Å². The first-order chi connectivity index (χ1) is 8.31. The number of nitrogens with two attached hydrogens (primary N) is 1. The second kappa shape index (κ2) is 7.18. The van der Waals surface area contributed by atoms with E-state index in [1.807, 2.05) is 12.1 Å². The highest BCUT2D eigenvalue weighted by Crippen LogP contribution is 2.31. The van der Waals surface area contributed by atoms with Crippen LogP contribution in [0.1, 0.15) is 18.4 Å². The summed E-state index contributed by atoms with van der Waals surface area (Å²) in [5.74, 6) is 0.869. The number of rotatable bonds is 2. The minimum atomic E-state index is 0. The second-order valence-electron chi connectivity index (χ2n) is 5.28. The minimum absolute atomic E-state index is 0. The molecule has 3 aliphatic heterocycles. The third-order valence-electron chi connectivity index (χ3n) is 4.10. The van der Waals surface area contributed by atoms with Gasteiger partial charge in [-0.25, -0.2) is 0 Å². The van der Waals surface area contributed by atoms with Gasteiger partial charge in [0.2, 0.25) is 0 Å². The number of allylic oxidation sites excluding steroid dienone is 1. The summed E-state index contributed by atoms with van der Waals surface area (Å²) in [5.41, 5.74) is 9.57. The number of halogens is 2. The first kappa shape index (κ1) is 16.4. The van der Waals surface area contributed by atoms with Crippen LogP contribution < -0.4 is 5.73 Å². The van der Waals surface area contributed by atoms with Crippen molar-refractivity contribution >= 4 is 30.5 Å². The van der Waals surface area contributed by atoms with E-state index >= 15 is 0 Å². The molecular weight excluding hydrogens is 279 g/mol. The first-order valence-electron chi connectivity index (χ1n) is 6.57. The zero-order chi connectivity index (χ0) is 11.7. The van der Waals surface area contributed by atoms with Gasteiger partial charge in [-0.15, -0.1) is 24.8 Å². The highest BCUT2D eigenvalue weighted by molar-refractivity contribution is 5.85.